The smallest absolute Gasteiger partial charge is 0.307 e. The minimum absolute atomic E-state index is 0.0309. The summed E-state index contributed by atoms with van der Waals surface area (Å²) in [5, 5.41) is 0.636. The second kappa shape index (κ2) is 16.3. The Hall–Kier alpha value is -1.35. The van der Waals surface area contributed by atoms with Crippen LogP contribution in [0.1, 0.15) is 128 Å². The van der Waals surface area contributed by atoms with Crippen LogP contribution in [-0.2, 0) is 14.3 Å². The van der Waals surface area contributed by atoms with E-state index in [1.807, 2.05) is 19.1 Å². The van der Waals surface area contributed by atoms with Crippen molar-refractivity contribution in [1.82, 2.24) is 0 Å². The Bertz CT molecular complexity index is 685. The molecule has 0 bridgehead atoms. The number of cyclic esters (lactones) is 1. The van der Waals surface area contributed by atoms with Crippen LogP contribution in [-0.4, -0.2) is 11.8 Å². The van der Waals surface area contributed by atoms with Gasteiger partial charge in [-0.2, -0.15) is 0 Å². The van der Waals surface area contributed by atoms with Crippen molar-refractivity contribution in [3.8, 4) is 0 Å². The molecule has 4 heteroatoms. The van der Waals surface area contributed by atoms with Crippen LogP contribution in [0.4, 0.5) is 0 Å². The van der Waals surface area contributed by atoms with E-state index in [1.54, 1.807) is 12.1 Å². The van der Waals surface area contributed by atoms with E-state index in [0.29, 0.717) is 5.02 Å². The van der Waals surface area contributed by atoms with E-state index in [4.69, 9.17) is 16.3 Å². The summed E-state index contributed by atoms with van der Waals surface area (Å²) < 4.78 is 5.50. The Morgan fingerprint density at radius 2 is 1.36 bits per heavy atom. The molecular weight excluding hydrogens is 432 g/mol. The number of carbonyl (C=O) groups is 2. The van der Waals surface area contributed by atoms with Gasteiger partial charge in [0.15, 0.2) is 0 Å². The van der Waals surface area contributed by atoms with E-state index in [0.717, 1.165) is 18.4 Å². The van der Waals surface area contributed by atoms with Crippen LogP contribution in [0.2, 0.25) is 5.02 Å². The largest absolute Gasteiger partial charge is 0.457 e. The summed E-state index contributed by atoms with van der Waals surface area (Å²) in [4.78, 5) is 25.0. The summed E-state index contributed by atoms with van der Waals surface area (Å²) >= 11 is 5.97. The molecule has 1 heterocycles. The number of benzene rings is 1. The zero-order valence-corrected chi connectivity index (χ0v) is 21.7. The van der Waals surface area contributed by atoms with Crippen LogP contribution in [0.5, 0.6) is 0 Å². The number of rotatable bonds is 18. The van der Waals surface area contributed by atoms with Gasteiger partial charge in [-0.1, -0.05) is 127 Å². The molecule has 1 aliphatic rings. The SMILES string of the molecule is CCCCCCCCCCCCCCCCC(C)C(=O)[C@H]1CC(=O)O[C@@H]1c1ccc(Cl)cc1. The minimum Gasteiger partial charge on any atom is -0.457 e. The molecule has 1 aromatic carbocycles. The lowest BCUT2D eigenvalue weighted by molar-refractivity contribution is -0.141. The molecule has 3 atom stereocenters. The zero-order chi connectivity index (χ0) is 23.9. The maximum atomic E-state index is 13.0. The molecule has 1 aliphatic heterocycles. The molecule has 0 spiro atoms. The molecule has 2 rings (SSSR count). The van der Waals surface area contributed by atoms with E-state index in [9.17, 15) is 9.59 Å². The molecular formula is C29H45ClO3. The fourth-order valence-electron chi connectivity index (χ4n) is 4.91. The normalized spacial score (nSPS) is 18.9. The van der Waals surface area contributed by atoms with Gasteiger partial charge in [-0.15, -0.1) is 0 Å². The lowest BCUT2D eigenvalue weighted by atomic mass is 9.84. The van der Waals surface area contributed by atoms with Gasteiger partial charge in [0.25, 0.3) is 0 Å². The molecule has 0 N–H and O–H groups in total. The molecule has 1 unspecified atom stereocenters. The Balaban J connectivity index is 1.54. The van der Waals surface area contributed by atoms with Crippen molar-refractivity contribution in [1.29, 1.82) is 0 Å². The van der Waals surface area contributed by atoms with E-state index in [-0.39, 0.29) is 30.0 Å². The first-order chi connectivity index (χ1) is 16.0. The Morgan fingerprint density at radius 3 is 1.88 bits per heavy atom. The summed E-state index contributed by atoms with van der Waals surface area (Å²) in [6.07, 6.45) is 19.3. The van der Waals surface area contributed by atoms with E-state index < -0.39 is 6.10 Å². The van der Waals surface area contributed by atoms with Crippen LogP contribution in [0, 0.1) is 11.8 Å². The first-order valence-corrected chi connectivity index (χ1v) is 13.9. The molecule has 1 saturated heterocycles. The van der Waals surface area contributed by atoms with Crippen LogP contribution in [0.15, 0.2) is 24.3 Å². The van der Waals surface area contributed by atoms with Crippen molar-refractivity contribution < 1.29 is 14.3 Å². The van der Waals surface area contributed by atoms with Gasteiger partial charge < -0.3 is 4.74 Å². The lowest BCUT2D eigenvalue weighted by Gasteiger charge is -2.20. The third kappa shape index (κ3) is 10.6. The number of hydrogen-bond acceptors (Lipinski definition) is 3. The minimum atomic E-state index is -0.471. The first-order valence-electron chi connectivity index (χ1n) is 13.5. The van der Waals surface area contributed by atoms with Gasteiger partial charge >= 0.3 is 5.97 Å². The Morgan fingerprint density at radius 1 is 0.879 bits per heavy atom. The van der Waals surface area contributed by atoms with Crippen molar-refractivity contribution in [2.75, 3.05) is 0 Å². The topological polar surface area (TPSA) is 43.4 Å². The van der Waals surface area contributed by atoms with Gasteiger partial charge in [-0.05, 0) is 24.1 Å². The lowest BCUT2D eigenvalue weighted by Crippen LogP contribution is -2.24. The molecule has 3 nitrogen and oxygen atoms in total. The predicted octanol–water partition coefficient (Wildman–Crippen LogP) is 9.02. The summed E-state index contributed by atoms with van der Waals surface area (Å²) in [5.74, 6) is -0.524. The molecule has 1 aromatic rings. The molecule has 0 aliphatic carbocycles. The standard InChI is InChI=1S/C29H45ClO3/c1-3-4-5-6-7-8-9-10-11-12-13-14-15-16-17-23(2)28(32)26-22-27(31)33-29(26)24-18-20-25(30)21-19-24/h18-21,23,26,29H,3-17,22H2,1-2H3/t23?,26-,29-/m1/s1. The average Bonchev–Trinajstić information content (AvgIpc) is 3.20. The van der Waals surface area contributed by atoms with Crippen molar-refractivity contribution >= 4 is 23.4 Å². The van der Waals surface area contributed by atoms with Crippen LogP contribution in [0.25, 0.3) is 0 Å². The highest BCUT2D eigenvalue weighted by Crippen LogP contribution is 2.38. The Labute approximate surface area is 207 Å². The monoisotopic (exact) mass is 476 g/mol. The third-order valence-corrected chi connectivity index (χ3v) is 7.30. The van der Waals surface area contributed by atoms with Crippen molar-refractivity contribution in [3.63, 3.8) is 0 Å². The summed E-state index contributed by atoms with van der Waals surface area (Å²) in [6, 6.07) is 7.26. The van der Waals surface area contributed by atoms with Crippen molar-refractivity contribution in [3.05, 3.63) is 34.9 Å². The van der Waals surface area contributed by atoms with E-state index in [1.165, 1.54) is 83.5 Å². The second-order valence-corrected chi connectivity index (χ2v) is 10.4. The van der Waals surface area contributed by atoms with Gasteiger partial charge in [0.05, 0.1) is 12.3 Å². The van der Waals surface area contributed by atoms with E-state index in [2.05, 4.69) is 6.92 Å². The molecule has 186 valence electrons. The molecule has 0 aromatic heterocycles. The number of hydrogen-bond donors (Lipinski definition) is 0. The third-order valence-electron chi connectivity index (χ3n) is 7.05. The number of ether oxygens (including phenoxy) is 1. The molecule has 1 fully saturated rings. The maximum Gasteiger partial charge on any atom is 0.307 e. The number of esters is 1. The highest BCUT2D eigenvalue weighted by Gasteiger charge is 2.41. The number of Topliss-reactive ketones (excluding diaryl/α,β-unsaturated/α-hetero) is 1. The van der Waals surface area contributed by atoms with Crippen molar-refractivity contribution in [2.45, 2.75) is 123 Å². The summed E-state index contributed by atoms with van der Waals surface area (Å²) in [5.41, 5.74) is 0.854. The molecule has 0 amide bonds. The first kappa shape index (κ1) is 27.9. The number of carbonyl (C=O) groups excluding carboxylic acids is 2. The fraction of sp³-hybridized carbons (Fsp3) is 0.724. The number of halogens is 1. The summed E-state index contributed by atoms with van der Waals surface area (Å²) in [6.45, 7) is 4.28. The van der Waals surface area contributed by atoms with Gasteiger partial charge in [0.2, 0.25) is 0 Å². The van der Waals surface area contributed by atoms with Crippen molar-refractivity contribution in [2.24, 2.45) is 11.8 Å². The fourth-order valence-corrected chi connectivity index (χ4v) is 5.04. The quantitative estimate of drug-likeness (QED) is 0.157. The molecule has 33 heavy (non-hydrogen) atoms. The predicted molar refractivity (Wildman–Crippen MR) is 137 cm³/mol. The summed E-state index contributed by atoms with van der Waals surface area (Å²) in [7, 11) is 0. The number of unbranched alkanes of at least 4 members (excludes halogenated alkanes) is 13. The van der Waals surface area contributed by atoms with Crippen LogP contribution in [0.3, 0.4) is 0 Å². The van der Waals surface area contributed by atoms with Crippen LogP contribution < -0.4 is 0 Å². The second-order valence-electron chi connectivity index (χ2n) is 9.96. The van der Waals surface area contributed by atoms with Gasteiger partial charge in [0, 0.05) is 10.9 Å². The average molecular weight is 477 g/mol. The van der Waals surface area contributed by atoms with E-state index >= 15 is 0 Å². The van der Waals surface area contributed by atoms with Gasteiger partial charge in [-0.25, -0.2) is 0 Å². The van der Waals surface area contributed by atoms with Gasteiger partial charge in [-0.3, -0.25) is 9.59 Å². The highest BCUT2D eigenvalue weighted by atomic mass is 35.5. The highest BCUT2D eigenvalue weighted by molar-refractivity contribution is 6.30. The maximum absolute atomic E-state index is 13.0. The zero-order valence-electron chi connectivity index (χ0n) is 21.0. The number of ketones is 1. The molecule has 0 radical (unpaired) electrons. The molecule has 0 saturated carbocycles. The van der Waals surface area contributed by atoms with Gasteiger partial charge in [0.1, 0.15) is 11.9 Å². The Kier molecular flexibility index (Phi) is 13.8. The van der Waals surface area contributed by atoms with Crippen LogP contribution >= 0.6 is 11.6 Å².